The molecule has 1 aliphatic heterocycles. The number of nitrogens with zero attached hydrogens (tertiary/aromatic N) is 4. The first-order chi connectivity index (χ1) is 16.8. The van der Waals surface area contributed by atoms with Crippen molar-refractivity contribution in [1.82, 2.24) is 19.5 Å². The fourth-order valence-corrected chi connectivity index (χ4v) is 4.78. The Balaban J connectivity index is 1.53. The summed E-state index contributed by atoms with van der Waals surface area (Å²) in [6.07, 6.45) is 0.822. The molecule has 3 heterocycles. The predicted molar refractivity (Wildman–Crippen MR) is 134 cm³/mol. The smallest absolute Gasteiger partial charge is 0.154 e. The van der Waals surface area contributed by atoms with E-state index in [9.17, 15) is 0 Å². The molecule has 0 radical (unpaired) electrons. The number of hydrogen-bond acceptors (Lipinski definition) is 4. The normalized spacial score (nSPS) is 12.0. The third kappa shape index (κ3) is 2.77. The molecule has 0 unspecified atom stereocenters. The molecule has 162 valence electrons. The molecule has 7 rings (SSSR count). The molecule has 4 aromatic carbocycles. The largest absolute Gasteiger partial charge is 0.453 e. The number of imidazole rings is 1. The summed E-state index contributed by atoms with van der Waals surface area (Å²) in [5, 5.41) is 0. The van der Waals surface area contributed by atoms with E-state index in [4.69, 9.17) is 19.7 Å². The summed E-state index contributed by atoms with van der Waals surface area (Å²) in [6.45, 7) is 2.13. The Hall–Kier alpha value is -4.51. The van der Waals surface area contributed by atoms with Crippen LogP contribution in [-0.4, -0.2) is 19.5 Å². The van der Waals surface area contributed by atoms with E-state index in [2.05, 4.69) is 41.8 Å². The van der Waals surface area contributed by atoms with E-state index >= 15 is 0 Å². The third-order valence-corrected chi connectivity index (χ3v) is 6.32. The van der Waals surface area contributed by atoms with Crippen molar-refractivity contribution in [3.8, 4) is 39.7 Å². The Bertz CT molecular complexity index is 1720. The van der Waals surface area contributed by atoms with E-state index < -0.39 is 0 Å². The lowest BCUT2D eigenvalue weighted by Crippen LogP contribution is -2.07. The quantitative estimate of drug-likeness (QED) is 0.298. The second kappa shape index (κ2) is 7.25. The van der Waals surface area contributed by atoms with Gasteiger partial charge in [-0.3, -0.25) is 4.57 Å². The molecule has 5 nitrogen and oxygen atoms in total. The minimum Gasteiger partial charge on any atom is -0.453 e. The molecule has 0 aliphatic carbocycles. The lowest BCUT2D eigenvalue weighted by Gasteiger charge is -2.21. The van der Waals surface area contributed by atoms with Gasteiger partial charge in [0.1, 0.15) is 11.3 Å². The Morgan fingerprint density at radius 2 is 1.32 bits per heavy atom. The predicted octanol–water partition coefficient (Wildman–Crippen LogP) is 6.97. The van der Waals surface area contributed by atoms with E-state index in [0.717, 1.165) is 74.0 Å². The SMILES string of the molecule is CCc1nc2cc(-c3nc4ccccc4nc3-c3ccccc3)cc3c2n1-c1ccccc1O3. The molecule has 5 heteroatoms. The van der Waals surface area contributed by atoms with Crippen molar-refractivity contribution in [3.05, 3.63) is 96.8 Å². The van der Waals surface area contributed by atoms with Gasteiger partial charge in [-0.1, -0.05) is 61.5 Å². The van der Waals surface area contributed by atoms with Gasteiger partial charge in [-0.2, -0.15) is 0 Å². The van der Waals surface area contributed by atoms with Crippen LogP contribution in [0.2, 0.25) is 0 Å². The summed E-state index contributed by atoms with van der Waals surface area (Å²) in [6, 6.07) is 30.5. The van der Waals surface area contributed by atoms with Crippen molar-refractivity contribution >= 4 is 22.1 Å². The topological polar surface area (TPSA) is 52.8 Å². The zero-order valence-corrected chi connectivity index (χ0v) is 18.6. The standard InChI is InChI=1S/C29H20N4O/c1-2-26-30-22-16-19(17-25-29(22)33(26)23-14-8-9-15-24(23)34-25)28-27(18-10-4-3-5-11-18)31-20-12-6-7-13-21(20)32-28/h3-17H,2H2,1H3. The van der Waals surface area contributed by atoms with Gasteiger partial charge in [0.05, 0.1) is 33.6 Å². The molecule has 34 heavy (non-hydrogen) atoms. The molecule has 0 saturated carbocycles. The molecule has 0 N–H and O–H groups in total. The van der Waals surface area contributed by atoms with Crippen molar-refractivity contribution in [3.63, 3.8) is 0 Å². The lowest BCUT2D eigenvalue weighted by atomic mass is 10.0. The average molecular weight is 441 g/mol. The Labute approximate surface area is 196 Å². The number of aryl methyl sites for hydroxylation is 1. The van der Waals surface area contributed by atoms with Crippen LogP contribution in [0.1, 0.15) is 12.7 Å². The fraction of sp³-hybridized carbons (Fsp3) is 0.0690. The zero-order chi connectivity index (χ0) is 22.6. The van der Waals surface area contributed by atoms with Crippen molar-refractivity contribution < 1.29 is 4.74 Å². The van der Waals surface area contributed by atoms with Gasteiger partial charge in [-0.05, 0) is 36.4 Å². The number of benzene rings is 4. The van der Waals surface area contributed by atoms with Gasteiger partial charge in [0, 0.05) is 17.5 Å². The minimum atomic E-state index is 0.785. The summed E-state index contributed by atoms with van der Waals surface area (Å²) in [4.78, 5) is 15.1. The van der Waals surface area contributed by atoms with Crippen LogP contribution in [0.3, 0.4) is 0 Å². The van der Waals surface area contributed by atoms with E-state index in [0.29, 0.717) is 0 Å². The van der Waals surface area contributed by atoms with Crippen molar-refractivity contribution in [2.24, 2.45) is 0 Å². The molecule has 0 saturated heterocycles. The van der Waals surface area contributed by atoms with Crippen LogP contribution in [0.25, 0.3) is 50.3 Å². The Morgan fingerprint density at radius 3 is 2.09 bits per heavy atom. The van der Waals surface area contributed by atoms with Crippen LogP contribution in [0.5, 0.6) is 11.5 Å². The molecule has 1 aliphatic rings. The summed E-state index contributed by atoms with van der Waals surface area (Å²) in [5.41, 5.74) is 8.27. The molecule has 0 spiro atoms. The van der Waals surface area contributed by atoms with Crippen LogP contribution < -0.4 is 4.74 Å². The maximum atomic E-state index is 6.39. The molecule has 2 aromatic heterocycles. The van der Waals surface area contributed by atoms with Gasteiger partial charge in [0.25, 0.3) is 0 Å². The summed E-state index contributed by atoms with van der Waals surface area (Å²) < 4.78 is 8.61. The van der Waals surface area contributed by atoms with Gasteiger partial charge in [-0.15, -0.1) is 0 Å². The molecule has 0 amide bonds. The highest BCUT2D eigenvalue weighted by molar-refractivity contribution is 5.94. The molecular formula is C29H20N4O. The number of para-hydroxylation sites is 4. The van der Waals surface area contributed by atoms with E-state index in [-0.39, 0.29) is 0 Å². The Morgan fingerprint density at radius 1 is 0.647 bits per heavy atom. The van der Waals surface area contributed by atoms with Crippen molar-refractivity contribution in [2.45, 2.75) is 13.3 Å². The number of rotatable bonds is 3. The van der Waals surface area contributed by atoms with Crippen LogP contribution in [0.15, 0.2) is 91.0 Å². The van der Waals surface area contributed by atoms with E-state index in [1.54, 1.807) is 0 Å². The van der Waals surface area contributed by atoms with Gasteiger partial charge < -0.3 is 4.74 Å². The highest BCUT2D eigenvalue weighted by Gasteiger charge is 2.25. The van der Waals surface area contributed by atoms with Gasteiger partial charge in [0.2, 0.25) is 0 Å². The molecule has 6 aromatic rings. The number of fused-ring (bicyclic) bond motifs is 3. The summed E-state index contributed by atoms with van der Waals surface area (Å²) >= 11 is 0. The van der Waals surface area contributed by atoms with Crippen LogP contribution in [0, 0.1) is 0 Å². The van der Waals surface area contributed by atoms with Crippen LogP contribution in [-0.2, 0) is 6.42 Å². The number of aromatic nitrogens is 4. The van der Waals surface area contributed by atoms with Gasteiger partial charge in [-0.25, -0.2) is 15.0 Å². The molecule has 0 atom stereocenters. The Kier molecular flexibility index (Phi) is 4.05. The van der Waals surface area contributed by atoms with Crippen molar-refractivity contribution in [1.29, 1.82) is 0 Å². The maximum absolute atomic E-state index is 6.39. The van der Waals surface area contributed by atoms with E-state index in [1.165, 1.54) is 0 Å². The lowest BCUT2D eigenvalue weighted by molar-refractivity contribution is 0.474. The summed E-state index contributed by atoms with van der Waals surface area (Å²) in [7, 11) is 0. The highest BCUT2D eigenvalue weighted by Crippen LogP contribution is 2.44. The average Bonchev–Trinajstić information content (AvgIpc) is 3.28. The van der Waals surface area contributed by atoms with Crippen LogP contribution >= 0.6 is 0 Å². The summed E-state index contributed by atoms with van der Waals surface area (Å²) in [5.74, 6) is 2.62. The molecule has 0 bridgehead atoms. The fourth-order valence-electron chi connectivity index (χ4n) is 4.78. The second-order valence-electron chi connectivity index (χ2n) is 8.40. The maximum Gasteiger partial charge on any atom is 0.154 e. The molecule has 0 fully saturated rings. The van der Waals surface area contributed by atoms with Crippen LogP contribution in [0.4, 0.5) is 0 Å². The highest BCUT2D eigenvalue weighted by atomic mass is 16.5. The van der Waals surface area contributed by atoms with Gasteiger partial charge >= 0.3 is 0 Å². The number of hydrogen-bond donors (Lipinski definition) is 0. The number of ether oxygens (including phenoxy) is 1. The van der Waals surface area contributed by atoms with Crippen molar-refractivity contribution in [2.75, 3.05) is 0 Å². The zero-order valence-electron chi connectivity index (χ0n) is 18.6. The van der Waals surface area contributed by atoms with Gasteiger partial charge in [0.15, 0.2) is 11.5 Å². The molecular weight excluding hydrogens is 420 g/mol. The monoisotopic (exact) mass is 440 g/mol. The van der Waals surface area contributed by atoms with E-state index in [1.807, 2.05) is 60.7 Å². The first kappa shape index (κ1) is 19.0. The minimum absolute atomic E-state index is 0.785. The first-order valence-electron chi connectivity index (χ1n) is 11.5. The third-order valence-electron chi connectivity index (χ3n) is 6.32. The second-order valence-corrected chi connectivity index (χ2v) is 8.40. The first-order valence-corrected chi connectivity index (χ1v) is 11.5.